The zero-order valence-electron chi connectivity index (χ0n) is 8.82. The van der Waals surface area contributed by atoms with Crippen molar-refractivity contribution >= 4 is 8.58 Å². The highest BCUT2D eigenvalue weighted by Crippen LogP contribution is 2.35. The van der Waals surface area contributed by atoms with Crippen LogP contribution in [0.15, 0.2) is 0 Å². The summed E-state index contributed by atoms with van der Waals surface area (Å²) in [7, 11) is 1.17. The molecule has 1 heteroatoms. The van der Waals surface area contributed by atoms with E-state index in [1.54, 1.807) is 0 Å². The van der Waals surface area contributed by atoms with Crippen molar-refractivity contribution in [2.24, 2.45) is 5.92 Å². The molecule has 0 heterocycles. The van der Waals surface area contributed by atoms with E-state index in [9.17, 15) is 0 Å². The van der Waals surface area contributed by atoms with Crippen molar-refractivity contribution < 1.29 is 0 Å². The Kier molecular flexibility index (Phi) is 4.03. The Bertz CT molecular complexity index is 117. The van der Waals surface area contributed by atoms with Gasteiger partial charge in [0.05, 0.1) is 0 Å². The van der Waals surface area contributed by atoms with Crippen LogP contribution in [0.2, 0.25) is 0 Å². The van der Waals surface area contributed by atoms with Crippen LogP contribution in [-0.4, -0.2) is 11.3 Å². The highest BCUT2D eigenvalue weighted by atomic mass is 31.1. The quantitative estimate of drug-likeness (QED) is 0.583. The number of rotatable bonds is 3. The smallest absolute Gasteiger partial charge is 0.0207 e. The summed E-state index contributed by atoms with van der Waals surface area (Å²) in [6.45, 7) is 7.08. The van der Waals surface area contributed by atoms with Gasteiger partial charge in [0, 0.05) is 0 Å². The average molecular weight is 186 g/mol. The van der Waals surface area contributed by atoms with Crippen LogP contribution in [0.3, 0.4) is 0 Å². The van der Waals surface area contributed by atoms with E-state index in [4.69, 9.17) is 0 Å². The van der Waals surface area contributed by atoms with Crippen LogP contribution < -0.4 is 0 Å². The third kappa shape index (κ3) is 4.45. The third-order valence-electron chi connectivity index (χ3n) is 2.68. The Labute approximate surface area is 79.3 Å². The fourth-order valence-corrected chi connectivity index (χ4v) is 3.25. The van der Waals surface area contributed by atoms with Crippen molar-refractivity contribution in [2.75, 3.05) is 6.16 Å². The largest absolute Gasteiger partial charge is 0.116 e. The molecular weight excluding hydrogens is 163 g/mol. The van der Waals surface area contributed by atoms with E-state index in [1.807, 2.05) is 0 Å². The van der Waals surface area contributed by atoms with Gasteiger partial charge in [0.1, 0.15) is 0 Å². The molecule has 0 N–H and O–H groups in total. The molecule has 1 saturated carbocycles. The van der Waals surface area contributed by atoms with Gasteiger partial charge in [0.2, 0.25) is 0 Å². The van der Waals surface area contributed by atoms with Crippen molar-refractivity contribution in [1.82, 2.24) is 0 Å². The zero-order chi connectivity index (χ0) is 9.03. The molecule has 0 amide bonds. The minimum absolute atomic E-state index is 0.582. The third-order valence-corrected chi connectivity index (χ3v) is 4.28. The lowest BCUT2D eigenvalue weighted by atomic mass is 10.1. The normalized spacial score (nSPS) is 21.2. The van der Waals surface area contributed by atoms with Crippen molar-refractivity contribution in [3.63, 3.8) is 0 Å². The van der Waals surface area contributed by atoms with Gasteiger partial charge in [-0.15, -0.1) is 8.58 Å². The summed E-state index contributed by atoms with van der Waals surface area (Å²) >= 11 is 0. The molecule has 12 heavy (non-hydrogen) atoms. The molecule has 0 spiro atoms. The first-order chi connectivity index (χ1) is 5.58. The summed E-state index contributed by atoms with van der Waals surface area (Å²) in [5.41, 5.74) is 0. The minimum atomic E-state index is 0.582. The molecule has 1 rings (SSSR count). The topological polar surface area (TPSA) is 0 Å². The van der Waals surface area contributed by atoms with Gasteiger partial charge in [0.15, 0.2) is 0 Å². The zero-order valence-corrected chi connectivity index (χ0v) is 9.82. The fraction of sp³-hybridized carbons (Fsp3) is 1.00. The van der Waals surface area contributed by atoms with Crippen molar-refractivity contribution in [2.45, 2.75) is 58.0 Å². The van der Waals surface area contributed by atoms with Gasteiger partial charge in [0.25, 0.3) is 0 Å². The molecule has 0 aromatic rings. The lowest BCUT2D eigenvalue weighted by Gasteiger charge is -2.19. The first kappa shape index (κ1) is 10.5. The molecule has 0 aromatic heterocycles. The van der Waals surface area contributed by atoms with E-state index in [2.05, 4.69) is 20.8 Å². The second-order valence-corrected chi connectivity index (χ2v) is 7.47. The second-order valence-electron chi connectivity index (χ2n) is 5.12. The minimum Gasteiger partial charge on any atom is -0.116 e. The molecule has 0 bridgehead atoms. The van der Waals surface area contributed by atoms with E-state index in [0.717, 1.165) is 5.92 Å². The van der Waals surface area contributed by atoms with Crippen LogP contribution in [0.4, 0.5) is 0 Å². The van der Waals surface area contributed by atoms with E-state index in [0.29, 0.717) is 5.16 Å². The summed E-state index contributed by atoms with van der Waals surface area (Å²) in [6, 6.07) is 0. The van der Waals surface area contributed by atoms with Crippen LogP contribution >= 0.6 is 8.58 Å². The Balaban J connectivity index is 2.02. The lowest BCUT2D eigenvalue weighted by Crippen LogP contribution is -2.07. The molecule has 0 nitrogen and oxygen atoms in total. The first-order valence-electron chi connectivity index (χ1n) is 5.33. The van der Waals surface area contributed by atoms with Crippen LogP contribution in [0.1, 0.15) is 52.9 Å². The van der Waals surface area contributed by atoms with Gasteiger partial charge < -0.3 is 0 Å². The predicted octanol–water partition coefficient (Wildman–Crippen LogP) is 4.04. The van der Waals surface area contributed by atoms with Gasteiger partial charge in [-0.25, -0.2) is 0 Å². The van der Waals surface area contributed by atoms with Gasteiger partial charge in [-0.2, -0.15) is 0 Å². The van der Waals surface area contributed by atoms with Crippen LogP contribution in [0.5, 0.6) is 0 Å². The SMILES string of the molecule is CC(C)(C)PCCC1CCCC1. The van der Waals surface area contributed by atoms with Crippen LogP contribution in [-0.2, 0) is 0 Å². The van der Waals surface area contributed by atoms with Gasteiger partial charge >= 0.3 is 0 Å². The molecule has 1 fully saturated rings. The van der Waals surface area contributed by atoms with Crippen LogP contribution in [0.25, 0.3) is 0 Å². The first-order valence-corrected chi connectivity index (χ1v) is 6.54. The standard InChI is InChI=1S/C11H23P/c1-11(2,3)12-9-8-10-6-4-5-7-10/h10,12H,4-9H2,1-3H3. The Morgan fingerprint density at radius 1 is 1.17 bits per heavy atom. The number of hydrogen-bond acceptors (Lipinski definition) is 0. The Morgan fingerprint density at radius 2 is 1.75 bits per heavy atom. The van der Waals surface area contributed by atoms with Crippen LogP contribution in [0, 0.1) is 5.92 Å². The highest BCUT2D eigenvalue weighted by Gasteiger charge is 2.16. The van der Waals surface area contributed by atoms with Gasteiger partial charge in [-0.05, 0) is 23.7 Å². The van der Waals surface area contributed by atoms with Crippen molar-refractivity contribution in [3.05, 3.63) is 0 Å². The number of hydrogen-bond donors (Lipinski definition) is 0. The molecular formula is C11H23P. The highest BCUT2D eigenvalue weighted by molar-refractivity contribution is 7.39. The molecule has 1 atom stereocenters. The summed E-state index contributed by atoms with van der Waals surface area (Å²) in [5.74, 6) is 1.10. The molecule has 0 aliphatic heterocycles. The molecule has 0 aromatic carbocycles. The Hall–Kier alpha value is 0.430. The predicted molar refractivity (Wildman–Crippen MR) is 59.5 cm³/mol. The van der Waals surface area contributed by atoms with E-state index < -0.39 is 0 Å². The average Bonchev–Trinajstić information content (AvgIpc) is 2.36. The molecule has 72 valence electrons. The molecule has 0 saturated heterocycles. The van der Waals surface area contributed by atoms with E-state index in [-0.39, 0.29) is 0 Å². The molecule has 1 unspecified atom stereocenters. The maximum Gasteiger partial charge on any atom is -0.0207 e. The van der Waals surface area contributed by atoms with Gasteiger partial charge in [-0.1, -0.05) is 46.5 Å². The summed E-state index contributed by atoms with van der Waals surface area (Å²) in [4.78, 5) is 0. The second kappa shape index (κ2) is 4.61. The van der Waals surface area contributed by atoms with Gasteiger partial charge in [-0.3, -0.25) is 0 Å². The lowest BCUT2D eigenvalue weighted by molar-refractivity contribution is 0.533. The fourth-order valence-electron chi connectivity index (χ4n) is 1.95. The monoisotopic (exact) mass is 186 g/mol. The van der Waals surface area contributed by atoms with E-state index in [1.165, 1.54) is 46.8 Å². The van der Waals surface area contributed by atoms with Crippen molar-refractivity contribution in [3.8, 4) is 0 Å². The summed E-state index contributed by atoms with van der Waals surface area (Å²) < 4.78 is 0. The summed E-state index contributed by atoms with van der Waals surface area (Å²) in [5, 5.41) is 0.582. The van der Waals surface area contributed by atoms with E-state index >= 15 is 0 Å². The molecule has 1 aliphatic rings. The molecule has 1 aliphatic carbocycles. The maximum atomic E-state index is 2.36. The Morgan fingerprint density at radius 3 is 2.25 bits per heavy atom. The molecule has 0 radical (unpaired) electrons. The summed E-state index contributed by atoms with van der Waals surface area (Å²) in [6.07, 6.45) is 9.04. The maximum absolute atomic E-state index is 2.36. The van der Waals surface area contributed by atoms with Crippen molar-refractivity contribution in [1.29, 1.82) is 0 Å².